The summed E-state index contributed by atoms with van der Waals surface area (Å²) in [5.74, 6) is -0.0768. The summed E-state index contributed by atoms with van der Waals surface area (Å²) in [7, 11) is -1.85. The second-order valence-corrected chi connectivity index (χ2v) is 14.4. The quantitative estimate of drug-likeness (QED) is 0.197. The zero-order valence-corrected chi connectivity index (χ0v) is 27.2. The molecule has 3 fully saturated rings. The van der Waals surface area contributed by atoms with Crippen LogP contribution in [0, 0.1) is 17.2 Å². The zero-order valence-electron chi connectivity index (χ0n) is 26.4. The lowest BCUT2D eigenvalue weighted by atomic mass is 9.82. The van der Waals surface area contributed by atoms with Crippen LogP contribution in [-0.4, -0.2) is 69.9 Å². The Morgan fingerprint density at radius 3 is 2.00 bits per heavy atom. The van der Waals surface area contributed by atoms with Crippen LogP contribution >= 0.6 is 0 Å². The van der Waals surface area contributed by atoms with Crippen molar-refractivity contribution in [3.8, 4) is 6.07 Å². The Hall–Kier alpha value is -5.18. The molecule has 7 rings (SSSR count). The highest BCUT2D eigenvalue weighted by atomic mass is 32.2. The number of fused-ring (bicyclic) bond motifs is 2. The number of rotatable bonds is 8. The number of carbonyl (C=O) groups excluding carboxylic acids is 2. The van der Waals surface area contributed by atoms with Crippen LogP contribution < -0.4 is 0 Å². The lowest BCUT2D eigenvalue weighted by molar-refractivity contribution is -0.132. The molecule has 2 aromatic carbocycles. The molecule has 48 heavy (non-hydrogen) atoms. The van der Waals surface area contributed by atoms with E-state index in [1.54, 1.807) is 88.6 Å². The van der Waals surface area contributed by atoms with E-state index in [-0.39, 0.29) is 29.7 Å². The van der Waals surface area contributed by atoms with Gasteiger partial charge in [-0.15, -0.1) is 0 Å². The highest BCUT2D eigenvalue weighted by molar-refractivity contribution is 7.89. The SMILES string of the molecule is CN1C(=CC(=O)c2ccc(C#N)cc2)N(CC2CC3CCC(C2)N3S(=O)(=O)c2ccccc2)C(=O)C1(c1ccncc1)c1ccncc1. The molecule has 3 aliphatic rings. The number of sulfonamides is 1. The highest BCUT2D eigenvalue weighted by Crippen LogP contribution is 2.48. The van der Waals surface area contributed by atoms with E-state index >= 15 is 4.79 Å². The van der Waals surface area contributed by atoms with Crippen LogP contribution in [0.5, 0.6) is 0 Å². The molecule has 0 N–H and O–H groups in total. The lowest BCUT2D eigenvalue weighted by Gasteiger charge is -2.39. The van der Waals surface area contributed by atoms with Crippen LogP contribution in [-0.2, 0) is 20.4 Å². The number of benzene rings is 2. The summed E-state index contributed by atoms with van der Waals surface area (Å²) < 4.78 is 29.1. The summed E-state index contributed by atoms with van der Waals surface area (Å²) in [6.45, 7) is 0.319. The first kappa shape index (κ1) is 31.4. The molecule has 10 nitrogen and oxygen atoms in total. The van der Waals surface area contributed by atoms with Gasteiger partial charge in [0.2, 0.25) is 10.0 Å². The molecule has 2 unspecified atom stereocenters. The van der Waals surface area contributed by atoms with Gasteiger partial charge in [-0.1, -0.05) is 18.2 Å². The zero-order chi connectivity index (χ0) is 33.5. The number of nitriles is 1. The first-order valence-electron chi connectivity index (χ1n) is 16.0. The molecule has 11 heteroatoms. The maximum Gasteiger partial charge on any atom is 0.263 e. The van der Waals surface area contributed by atoms with Gasteiger partial charge >= 0.3 is 0 Å². The smallest absolute Gasteiger partial charge is 0.263 e. The standard InChI is InChI=1S/C37H34N6O4S/c1-41-35(23-34(44)28-9-7-26(24-38)8-10-28)42(36(45)37(41,29-13-17-39-18-14-29)30-15-19-40-20-16-30)25-27-21-31-11-12-32(22-27)43(31)48(46,47)33-5-3-2-4-6-33/h2-10,13-20,23,27,31-32H,11-12,21-22,25H2,1H3. The van der Waals surface area contributed by atoms with Gasteiger partial charge in [0, 0.05) is 62.1 Å². The molecule has 242 valence electrons. The number of carbonyl (C=O) groups is 2. The summed E-state index contributed by atoms with van der Waals surface area (Å²) in [6.07, 6.45) is 10.8. The maximum absolute atomic E-state index is 15.1. The van der Waals surface area contributed by atoms with E-state index in [0.29, 0.717) is 52.4 Å². The van der Waals surface area contributed by atoms with E-state index in [0.717, 1.165) is 12.8 Å². The summed E-state index contributed by atoms with van der Waals surface area (Å²) in [5, 5.41) is 9.24. The Labute approximate surface area is 280 Å². The molecular formula is C37H34N6O4S. The topological polar surface area (TPSA) is 128 Å². The number of aromatic nitrogens is 2. The van der Waals surface area contributed by atoms with Gasteiger partial charge in [0.1, 0.15) is 5.82 Å². The second-order valence-electron chi connectivity index (χ2n) is 12.6. The van der Waals surface area contributed by atoms with Gasteiger partial charge < -0.3 is 4.90 Å². The average Bonchev–Trinajstić information content (AvgIpc) is 3.52. The van der Waals surface area contributed by atoms with Crippen molar-refractivity contribution < 1.29 is 18.0 Å². The molecule has 0 aliphatic carbocycles. The van der Waals surface area contributed by atoms with Gasteiger partial charge in [-0.25, -0.2) is 8.42 Å². The third-order valence-corrected chi connectivity index (χ3v) is 12.0. The molecule has 1 amide bonds. The molecule has 3 saturated heterocycles. The van der Waals surface area contributed by atoms with Crippen molar-refractivity contribution in [2.45, 2.75) is 48.2 Å². The number of nitrogens with zero attached hydrogens (tertiary/aromatic N) is 6. The summed E-state index contributed by atoms with van der Waals surface area (Å²) >= 11 is 0. The number of hydrogen-bond acceptors (Lipinski definition) is 8. The van der Waals surface area contributed by atoms with Gasteiger partial charge in [0.05, 0.1) is 16.5 Å². The predicted octanol–water partition coefficient (Wildman–Crippen LogP) is 4.72. The van der Waals surface area contributed by atoms with E-state index in [4.69, 9.17) is 0 Å². The molecule has 0 radical (unpaired) electrons. The summed E-state index contributed by atoms with van der Waals surface area (Å²) in [4.78, 5) is 41.1. The Morgan fingerprint density at radius 1 is 0.896 bits per heavy atom. The monoisotopic (exact) mass is 658 g/mol. The largest absolute Gasteiger partial charge is 0.339 e. The van der Waals surface area contributed by atoms with E-state index in [1.807, 2.05) is 36.2 Å². The number of hydrogen-bond donors (Lipinski definition) is 0. The maximum atomic E-state index is 15.1. The number of amides is 1. The third kappa shape index (κ3) is 5.18. The number of pyridine rings is 2. The number of ketones is 1. The summed E-state index contributed by atoms with van der Waals surface area (Å²) in [6, 6.07) is 23.9. The Bertz CT molecular complexity index is 1960. The van der Waals surface area contributed by atoms with Crippen molar-refractivity contribution in [3.05, 3.63) is 138 Å². The van der Waals surface area contributed by atoms with Gasteiger partial charge in [-0.3, -0.25) is 24.5 Å². The normalized spacial score (nSPS) is 23.0. The van der Waals surface area contributed by atoms with E-state index in [1.165, 1.54) is 6.08 Å². The molecule has 5 heterocycles. The van der Waals surface area contributed by atoms with Crippen LogP contribution in [0.1, 0.15) is 52.7 Å². The van der Waals surface area contributed by atoms with Crippen molar-refractivity contribution in [2.75, 3.05) is 13.6 Å². The van der Waals surface area contributed by atoms with E-state index in [9.17, 15) is 18.5 Å². The fourth-order valence-electron chi connectivity index (χ4n) is 7.80. The minimum Gasteiger partial charge on any atom is -0.339 e. The van der Waals surface area contributed by atoms with Gasteiger partial charge in [0.25, 0.3) is 5.91 Å². The lowest BCUT2D eigenvalue weighted by Crippen LogP contribution is -2.49. The Kier molecular flexibility index (Phi) is 8.15. The van der Waals surface area contributed by atoms with Crippen molar-refractivity contribution in [1.82, 2.24) is 24.1 Å². The minimum absolute atomic E-state index is 0.00108. The van der Waals surface area contributed by atoms with Gasteiger partial charge in [-0.05, 0) is 103 Å². The van der Waals surface area contributed by atoms with E-state index < -0.39 is 15.6 Å². The Balaban J connectivity index is 1.27. The van der Waals surface area contributed by atoms with Gasteiger partial charge in [0.15, 0.2) is 11.3 Å². The second kappa shape index (κ2) is 12.4. The van der Waals surface area contributed by atoms with Crippen molar-refractivity contribution in [2.24, 2.45) is 5.92 Å². The molecule has 2 aromatic heterocycles. The van der Waals surface area contributed by atoms with Crippen molar-refractivity contribution in [1.29, 1.82) is 5.26 Å². The fraction of sp³-hybridized carbons (Fsp3) is 0.270. The van der Waals surface area contributed by atoms with Crippen LogP contribution in [0.3, 0.4) is 0 Å². The molecule has 2 bridgehead atoms. The molecule has 0 saturated carbocycles. The molecule has 3 aliphatic heterocycles. The third-order valence-electron chi connectivity index (χ3n) is 9.96. The molecular weight excluding hydrogens is 625 g/mol. The summed E-state index contributed by atoms with van der Waals surface area (Å²) in [5.41, 5.74) is 0.918. The first-order valence-corrected chi connectivity index (χ1v) is 17.4. The van der Waals surface area contributed by atoms with Crippen LogP contribution in [0.4, 0.5) is 0 Å². The highest BCUT2D eigenvalue weighted by Gasteiger charge is 2.57. The molecule has 2 atom stereocenters. The number of piperidine rings is 1. The molecule has 4 aromatic rings. The minimum atomic E-state index is -3.66. The van der Waals surface area contributed by atoms with Crippen LogP contribution in [0.25, 0.3) is 0 Å². The average molecular weight is 659 g/mol. The number of likely N-dealkylation sites (N-methyl/N-ethyl adjacent to an activating group) is 1. The number of allylic oxidation sites excluding steroid dienone is 1. The fourth-order valence-corrected chi connectivity index (χ4v) is 9.72. The van der Waals surface area contributed by atoms with Crippen molar-refractivity contribution >= 4 is 21.7 Å². The Morgan fingerprint density at radius 2 is 1.46 bits per heavy atom. The molecule has 0 spiro atoms. The van der Waals surface area contributed by atoms with Gasteiger partial charge in [-0.2, -0.15) is 9.57 Å². The predicted molar refractivity (Wildman–Crippen MR) is 177 cm³/mol. The van der Waals surface area contributed by atoms with E-state index in [2.05, 4.69) is 16.0 Å². The first-order chi connectivity index (χ1) is 23.2. The van der Waals surface area contributed by atoms with Crippen LogP contribution in [0.2, 0.25) is 0 Å². The van der Waals surface area contributed by atoms with Crippen molar-refractivity contribution in [3.63, 3.8) is 0 Å². The van der Waals surface area contributed by atoms with Crippen LogP contribution in [0.15, 0.2) is 120 Å².